The summed E-state index contributed by atoms with van der Waals surface area (Å²) in [6.45, 7) is 3.49. The molecule has 1 unspecified atom stereocenters. The number of ketones is 1. The second-order valence-electron chi connectivity index (χ2n) is 3.19. The first-order chi connectivity index (χ1) is 5.75. The van der Waals surface area contributed by atoms with E-state index in [1.54, 1.807) is 6.92 Å². The van der Waals surface area contributed by atoms with E-state index < -0.39 is 5.79 Å². The Kier molecular flexibility index (Phi) is 1.90. The quantitative estimate of drug-likeness (QED) is 0.557. The third-order valence-electron chi connectivity index (χ3n) is 2.39. The second kappa shape index (κ2) is 2.80. The summed E-state index contributed by atoms with van der Waals surface area (Å²) in [6, 6.07) is 0. The standard InChI is InChI=1S/C8H12O4/c1-6(9)7-4-10-5-8(7)11-2-3-12-8/h7H,2-5H2,1H3. The minimum Gasteiger partial charge on any atom is -0.375 e. The van der Waals surface area contributed by atoms with Gasteiger partial charge in [0.15, 0.2) is 0 Å². The van der Waals surface area contributed by atoms with E-state index in [1.165, 1.54) is 0 Å². The van der Waals surface area contributed by atoms with E-state index in [2.05, 4.69) is 0 Å². The molecule has 0 amide bonds. The lowest BCUT2D eigenvalue weighted by molar-refractivity contribution is -0.181. The molecule has 12 heavy (non-hydrogen) atoms. The molecule has 4 heteroatoms. The van der Waals surface area contributed by atoms with Crippen LogP contribution in [0, 0.1) is 5.92 Å². The Hall–Kier alpha value is -0.450. The molecule has 0 aliphatic carbocycles. The zero-order valence-corrected chi connectivity index (χ0v) is 7.04. The van der Waals surface area contributed by atoms with E-state index in [1.807, 2.05) is 0 Å². The van der Waals surface area contributed by atoms with Crippen molar-refractivity contribution in [2.75, 3.05) is 26.4 Å². The highest BCUT2D eigenvalue weighted by atomic mass is 16.8. The van der Waals surface area contributed by atoms with Crippen molar-refractivity contribution in [2.24, 2.45) is 5.92 Å². The number of hydrogen-bond acceptors (Lipinski definition) is 4. The fourth-order valence-electron chi connectivity index (χ4n) is 1.73. The SMILES string of the molecule is CC(=O)C1COCC12OCCO2. The van der Waals surface area contributed by atoms with Crippen LogP contribution in [0.3, 0.4) is 0 Å². The summed E-state index contributed by atoms with van der Waals surface area (Å²) < 4.78 is 16.0. The summed E-state index contributed by atoms with van der Waals surface area (Å²) in [5.74, 6) is -0.902. The molecule has 2 rings (SSSR count). The highest BCUT2D eigenvalue weighted by Crippen LogP contribution is 2.34. The summed E-state index contributed by atoms with van der Waals surface area (Å²) in [5.41, 5.74) is 0. The van der Waals surface area contributed by atoms with Crippen molar-refractivity contribution in [3.8, 4) is 0 Å². The number of carbonyl (C=O) groups excluding carboxylic acids is 1. The molecule has 0 radical (unpaired) electrons. The van der Waals surface area contributed by atoms with Crippen LogP contribution >= 0.6 is 0 Å². The number of hydrogen-bond donors (Lipinski definition) is 0. The molecule has 1 atom stereocenters. The first-order valence-corrected chi connectivity index (χ1v) is 4.11. The summed E-state index contributed by atoms with van der Waals surface area (Å²) in [4.78, 5) is 11.2. The molecule has 0 aromatic carbocycles. The average molecular weight is 172 g/mol. The van der Waals surface area contributed by atoms with E-state index in [4.69, 9.17) is 14.2 Å². The highest BCUT2D eigenvalue weighted by molar-refractivity contribution is 5.79. The van der Waals surface area contributed by atoms with Crippen LogP contribution in [0.5, 0.6) is 0 Å². The molecule has 0 aromatic heterocycles. The minimum absolute atomic E-state index is 0.0781. The van der Waals surface area contributed by atoms with Crippen LogP contribution in [0.4, 0.5) is 0 Å². The fourth-order valence-corrected chi connectivity index (χ4v) is 1.73. The summed E-state index contributed by atoms with van der Waals surface area (Å²) >= 11 is 0. The second-order valence-corrected chi connectivity index (χ2v) is 3.19. The van der Waals surface area contributed by atoms with E-state index in [-0.39, 0.29) is 11.7 Å². The molecule has 1 spiro atoms. The molecule has 2 heterocycles. The molecule has 2 aliphatic rings. The van der Waals surface area contributed by atoms with E-state index in [9.17, 15) is 4.79 Å². The maximum absolute atomic E-state index is 11.2. The molecule has 0 aromatic rings. The summed E-state index contributed by atoms with van der Waals surface area (Å²) in [6.07, 6.45) is 0. The van der Waals surface area contributed by atoms with Gasteiger partial charge in [-0.05, 0) is 6.92 Å². The maximum atomic E-state index is 11.2. The van der Waals surface area contributed by atoms with Crippen molar-refractivity contribution in [3.63, 3.8) is 0 Å². The van der Waals surface area contributed by atoms with Crippen LogP contribution in [0.25, 0.3) is 0 Å². The number of carbonyl (C=O) groups is 1. The zero-order valence-electron chi connectivity index (χ0n) is 7.04. The molecule has 0 bridgehead atoms. The molecular formula is C8H12O4. The molecule has 2 aliphatic heterocycles. The van der Waals surface area contributed by atoms with Gasteiger partial charge in [0.2, 0.25) is 5.79 Å². The first kappa shape index (κ1) is 8.16. The van der Waals surface area contributed by atoms with Crippen LogP contribution in [0.1, 0.15) is 6.92 Å². The largest absolute Gasteiger partial charge is 0.375 e. The smallest absolute Gasteiger partial charge is 0.204 e. The van der Waals surface area contributed by atoms with Gasteiger partial charge in [-0.15, -0.1) is 0 Å². The van der Waals surface area contributed by atoms with Crippen LogP contribution < -0.4 is 0 Å². The Morgan fingerprint density at radius 1 is 1.42 bits per heavy atom. The lowest BCUT2D eigenvalue weighted by atomic mass is 9.98. The highest BCUT2D eigenvalue weighted by Gasteiger charge is 2.51. The predicted octanol–water partition coefficient (Wildman–Crippen LogP) is -0.0351. The van der Waals surface area contributed by atoms with Gasteiger partial charge in [0.25, 0.3) is 0 Å². The van der Waals surface area contributed by atoms with Gasteiger partial charge in [0.05, 0.1) is 25.7 Å². The van der Waals surface area contributed by atoms with Crippen LogP contribution in [0.15, 0.2) is 0 Å². The molecule has 2 fully saturated rings. The zero-order chi connectivity index (χ0) is 8.60. The average Bonchev–Trinajstić information content (AvgIpc) is 2.61. The Balaban J connectivity index is 2.17. The molecule has 4 nitrogen and oxygen atoms in total. The van der Waals surface area contributed by atoms with Crippen molar-refractivity contribution in [3.05, 3.63) is 0 Å². The molecule has 68 valence electrons. The summed E-state index contributed by atoms with van der Waals surface area (Å²) in [7, 11) is 0. The summed E-state index contributed by atoms with van der Waals surface area (Å²) in [5, 5.41) is 0. The van der Waals surface area contributed by atoms with Gasteiger partial charge in [0.1, 0.15) is 12.4 Å². The van der Waals surface area contributed by atoms with Crippen LogP contribution in [-0.4, -0.2) is 38.0 Å². The third-order valence-corrected chi connectivity index (χ3v) is 2.39. The van der Waals surface area contributed by atoms with Gasteiger partial charge < -0.3 is 14.2 Å². The monoisotopic (exact) mass is 172 g/mol. The Morgan fingerprint density at radius 2 is 2.08 bits per heavy atom. The number of rotatable bonds is 1. The topological polar surface area (TPSA) is 44.8 Å². The number of ether oxygens (including phenoxy) is 3. The van der Waals surface area contributed by atoms with Crippen LogP contribution in [0.2, 0.25) is 0 Å². The van der Waals surface area contributed by atoms with Gasteiger partial charge in [-0.3, -0.25) is 4.79 Å². The maximum Gasteiger partial charge on any atom is 0.204 e. The fraction of sp³-hybridized carbons (Fsp3) is 0.875. The first-order valence-electron chi connectivity index (χ1n) is 4.11. The third kappa shape index (κ3) is 1.07. The lowest BCUT2D eigenvalue weighted by Crippen LogP contribution is -2.41. The van der Waals surface area contributed by atoms with Gasteiger partial charge in [-0.25, -0.2) is 0 Å². The van der Waals surface area contributed by atoms with Crippen molar-refractivity contribution >= 4 is 5.78 Å². The Morgan fingerprint density at radius 3 is 2.67 bits per heavy atom. The van der Waals surface area contributed by atoms with E-state index >= 15 is 0 Å². The van der Waals surface area contributed by atoms with Gasteiger partial charge in [0, 0.05) is 0 Å². The van der Waals surface area contributed by atoms with Crippen molar-refractivity contribution in [1.29, 1.82) is 0 Å². The lowest BCUT2D eigenvalue weighted by Gasteiger charge is -2.24. The molecule has 0 N–H and O–H groups in total. The van der Waals surface area contributed by atoms with Crippen molar-refractivity contribution in [2.45, 2.75) is 12.7 Å². The van der Waals surface area contributed by atoms with Gasteiger partial charge >= 0.3 is 0 Å². The predicted molar refractivity (Wildman–Crippen MR) is 39.6 cm³/mol. The molecule has 2 saturated heterocycles. The van der Waals surface area contributed by atoms with Gasteiger partial charge in [-0.2, -0.15) is 0 Å². The van der Waals surface area contributed by atoms with E-state index in [0.717, 1.165) is 0 Å². The Bertz CT molecular complexity index is 190. The van der Waals surface area contributed by atoms with E-state index in [0.29, 0.717) is 26.4 Å². The van der Waals surface area contributed by atoms with Crippen molar-refractivity contribution in [1.82, 2.24) is 0 Å². The Labute approximate surface area is 70.8 Å². The van der Waals surface area contributed by atoms with Gasteiger partial charge in [-0.1, -0.05) is 0 Å². The molecular weight excluding hydrogens is 160 g/mol. The van der Waals surface area contributed by atoms with Crippen molar-refractivity contribution < 1.29 is 19.0 Å². The minimum atomic E-state index is -0.744. The normalized spacial score (nSPS) is 32.9. The molecule has 0 saturated carbocycles. The van der Waals surface area contributed by atoms with Crippen LogP contribution in [-0.2, 0) is 19.0 Å². The number of Topliss-reactive ketones (excluding diaryl/α,β-unsaturated/α-hetero) is 1.